The van der Waals surface area contributed by atoms with Crippen LogP contribution in [0.15, 0.2) is 59.4 Å². The van der Waals surface area contributed by atoms with E-state index in [-0.39, 0.29) is 11.5 Å². The Hall–Kier alpha value is -3.45. The van der Waals surface area contributed by atoms with Crippen LogP contribution in [0.2, 0.25) is 0 Å². The molecule has 0 fully saturated rings. The molecule has 0 aliphatic rings. The zero-order valence-corrected chi connectivity index (χ0v) is 17.8. The first-order valence-electron chi connectivity index (χ1n) is 9.59. The molecule has 7 heteroatoms. The number of carbonyl (C=O) groups is 1. The minimum atomic E-state index is -0.103. The maximum absolute atomic E-state index is 12.9. The summed E-state index contributed by atoms with van der Waals surface area (Å²) in [6, 6.07) is 17.7. The lowest BCUT2D eigenvalue weighted by Crippen LogP contribution is -2.21. The standard InChI is InChI=1S/C23H22N4O2S/c1-14-6-4-5-7-18(14)20-12-19-21(30-20)22(29)27(3)23(26-19)24-13-16-8-10-17(11-9-16)25-15(2)28/h4-12H,13H2,1-3H3,(H,24,26)(H,25,28). The predicted octanol–water partition coefficient (Wildman–Crippen LogP) is 4.54. The van der Waals surface area contributed by atoms with Crippen molar-refractivity contribution in [2.45, 2.75) is 20.4 Å². The number of anilines is 2. The Balaban J connectivity index is 1.60. The van der Waals surface area contributed by atoms with Crippen molar-refractivity contribution in [3.05, 3.63) is 76.1 Å². The fourth-order valence-electron chi connectivity index (χ4n) is 3.29. The Morgan fingerprint density at radius 1 is 1.13 bits per heavy atom. The third-order valence-corrected chi connectivity index (χ3v) is 6.04. The van der Waals surface area contributed by atoms with Gasteiger partial charge in [-0.05, 0) is 41.8 Å². The number of carbonyl (C=O) groups excluding carboxylic acids is 1. The number of nitrogens with zero attached hydrogens (tertiary/aromatic N) is 2. The molecule has 0 saturated heterocycles. The second kappa shape index (κ2) is 8.12. The molecule has 2 aromatic carbocycles. The minimum absolute atomic E-state index is 0.0617. The van der Waals surface area contributed by atoms with Gasteiger partial charge in [-0.25, -0.2) is 4.98 Å². The summed E-state index contributed by atoms with van der Waals surface area (Å²) in [6.45, 7) is 4.06. The summed E-state index contributed by atoms with van der Waals surface area (Å²) >= 11 is 1.48. The molecule has 0 atom stereocenters. The van der Waals surface area contributed by atoms with E-state index in [1.54, 1.807) is 11.6 Å². The second-order valence-electron chi connectivity index (χ2n) is 7.17. The van der Waals surface area contributed by atoms with E-state index in [9.17, 15) is 9.59 Å². The van der Waals surface area contributed by atoms with Crippen LogP contribution in [-0.2, 0) is 18.4 Å². The van der Waals surface area contributed by atoms with E-state index in [2.05, 4.69) is 34.7 Å². The van der Waals surface area contributed by atoms with Gasteiger partial charge in [0, 0.05) is 31.1 Å². The molecule has 0 aliphatic heterocycles. The SMILES string of the molecule is CC(=O)Nc1ccc(CNc2nc3cc(-c4ccccc4C)sc3c(=O)n2C)cc1. The first-order chi connectivity index (χ1) is 14.4. The summed E-state index contributed by atoms with van der Waals surface area (Å²) in [5.74, 6) is 0.418. The molecule has 0 spiro atoms. The predicted molar refractivity (Wildman–Crippen MR) is 123 cm³/mol. The molecule has 6 nitrogen and oxygen atoms in total. The van der Waals surface area contributed by atoms with Crippen LogP contribution in [0.4, 0.5) is 11.6 Å². The van der Waals surface area contributed by atoms with Crippen molar-refractivity contribution < 1.29 is 4.79 Å². The number of aryl methyl sites for hydroxylation is 1. The number of nitrogens with one attached hydrogen (secondary N) is 2. The van der Waals surface area contributed by atoms with Gasteiger partial charge in [-0.3, -0.25) is 14.2 Å². The topological polar surface area (TPSA) is 76.0 Å². The highest BCUT2D eigenvalue weighted by Crippen LogP contribution is 2.33. The smallest absolute Gasteiger partial charge is 0.272 e. The first-order valence-corrected chi connectivity index (χ1v) is 10.4. The zero-order chi connectivity index (χ0) is 21.3. The Morgan fingerprint density at radius 3 is 2.57 bits per heavy atom. The van der Waals surface area contributed by atoms with Crippen LogP contribution in [0.25, 0.3) is 20.7 Å². The number of fused-ring (bicyclic) bond motifs is 1. The Morgan fingerprint density at radius 2 is 1.87 bits per heavy atom. The number of benzene rings is 2. The fraction of sp³-hybridized carbons (Fsp3) is 0.174. The van der Waals surface area contributed by atoms with Crippen molar-refractivity contribution >= 4 is 39.1 Å². The molecule has 0 aliphatic carbocycles. The lowest BCUT2D eigenvalue weighted by Gasteiger charge is -2.10. The largest absolute Gasteiger partial charge is 0.351 e. The van der Waals surface area contributed by atoms with Gasteiger partial charge in [0.05, 0.1) is 5.52 Å². The quantitative estimate of drug-likeness (QED) is 0.499. The summed E-state index contributed by atoms with van der Waals surface area (Å²) in [7, 11) is 1.73. The molecule has 2 aromatic heterocycles. The number of rotatable bonds is 5. The number of amides is 1. The van der Waals surface area contributed by atoms with E-state index >= 15 is 0 Å². The highest BCUT2D eigenvalue weighted by molar-refractivity contribution is 7.22. The van der Waals surface area contributed by atoms with E-state index in [0.29, 0.717) is 22.7 Å². The molecule has 1 amide bonds. The molecule has 152 valence electrons. The van der Waals surface area contributed by atoms with Crippen molar-refractivity contribution in [1.29, 1.82) is 0 Å². The van der Waals surface area contributed by atoms with Crippen molar-refractivity contribution in [1.82, 2.24) is 9.55 Å². The fourth-order valence-corrected chi connectivity index (χ4v) is 4.45. The van der Waals surface area contributed by atoms with Crippen LogP contribution in [0.3, 0.4) is 0 Å². The van der Waals surface area contributed by atoms with Crippen LogP contribution in [-0.4, -0.2) is 15.5 Å². The van der Waals surface area contributed by atoms with Gasteiger partial charge in [0.2, 0.25) is 11.9 Å². The van der Waals surface area contributed by atoms with Crippen molar-refractivity contribution in [2.24, 2.45) is 7.05 Å². The highest BCUT2D eigenvalue weighted by Gasteiger charge is 2.14. The molecule has 4 rings (SSSR count). The van der Waals surface area contributed by atoms with Gasteiger partial charge in [-0.1, -0.05) is 36.4 Å². The van der Waals surface area contributed by atoms with Crippen LogP contribution in [0, 0.1) is 6.92 Å². The zero-order valence-electron chi connectivity index (χ0n) is 17.0. The summed E-state index contributed by atoms with van der Waals surface area (Å²) in [4.78, 5) is 29.8. The van der Waals surface area contributed by atoms with Gasteiger partial charge in [0.15, 0.2) is 0 Å². The Labute approximate surface area is 178 Å². The molecular formula is C23H22N4O2S. The highest BCUT2D eigenvalue weighted by atomic mass is 32.1. The van der Waals surface area contributed by atoms with Crippen LogP contribution < -0.4 is 16.2 Å². The molecule has 0 radical (unpaired) electrons. The molecule has 4 aromatic rings. The van der Waals surface area contributed by atoms with E-state index in [0.717, 1.165) is 21.7 Å². The maximum atomic E-state index is 12.9. The molecule has 2 N–H and O–H groups in total. The number of aromatic nitrogens is 2. The van der Waals surface area contributed by atoms with Gasteiger partial charge in [-0.2, -0.15) is 0 Å². The van der Waals surface area contributed by atoms with Crippen molar-refractivity contribution in [3.63, 3.8) is 0 Å². The number of hydrogen-bond acceptors (Lipinski definition) is 5. The number of hydrogen-bond donors (Lipinski definition) is 2. The monoisotopic (exact) mass is 418 g/mol. The first kappa shape index (κ1) is 19.8. The van der Waals surface area contributed by atoms with Gasteiger partial charge in [0.1, 0.15) is 4.70 Å². The van der Waals surface area contributed by atoms with Crippen LogP contribution in [0.1, 0.15) is 18.1 Å². The van der Waals surface area contributed by atoms with E-state index < -0.39 is 0 Å². The summed E-state index contributed by atoms with van der Waals surface area (Å²) in [5, 5.41) is 6.00. The molecule has 2 heterocycles. The summed E-state index contributed by atoms with van der Waals surface area (Å²) in [6.07, 6.45) is 0. The maximum Gasteiger partial charge on any atom is 0.272 e. The average Bonchev–Trinajstić information content (AvgIpc) is 3.14. The van der Waals surface area contributed by atoms with Gasteiger partial charge in [0.25, 0.3) is 5.56 Å². The number of thiophene rings is 1. The van der Waals surface area contributed by atoms with Gasteiger partial charge >= 0.3 is 0 Å². The summed E-state index contributed by atoms with van der Waals surface area (Å²) in [5.41, 5.74) is 4.70. The molecule has 0 unspecified atom stereocenters. The van der Waals surface area contributed by atoms with Crippen molar-refractivity contribution in [3.8, 4) is 10.4 Å². The van der Waals surface area contributed by atoms with Crippen LogP contribution >= 0.6 is 11.3 Å². The third kappa shape index (κ3) is 3.97. The van der Waals surface area contributed by atoms with E-state index in [1.165, 1.54) is 23.8 Å². The molecule has 30 heavy (non-hydrogen) atoms. The van der Waals surface area contributed by atoms with Crippen LogP contribution in [0.5, 0.6) is 0 Å². The normalized spacial score (nSPS) is 10.9. The molecule has 0 bridgehead atoms. The molecule has 0 saturated carbocycles. The Bertz CT molecular complexity index is 1290. The van der Waals surface area contributed by atoms with Gasteiger partial charge in [-0.15, -0.1) is 11.3 Å². The van der Waals surface area contributed by atoms with E-state index in [4.69, 9.17) is 0 Å². The second-order valence-corrected chi connectivity index (χ2v) is 8.22. The molecular weight excluding hydrogens is 396 g/mol. The third-order valence-electron chi connectivity index (χ3n) is 4.89. The van der Waals surface area contributed by atoms with E-state index in [1.807, 2.05) is 42.5 Å². The minimum Gasteiger partial charge on any atom is -0.351 e. The lowest BCUT2D eigenvalue weighted by atomic mass is 10.1. The lowest BCUT2D eigenvalue weighted by molar-refractivity contribution is -0.114. The van der Waals surface area contributed by atoms with Crippen molar-refractivity contribution in [2.75, 3.05) is 10.6 Å². The summed E-state index contributed by atoms with van der Waals surface area (Å²) < 4.78 is 2.20. The average molecular weight is 419 g/mol. The van der Waals surface area contributed by atoms with Gasteiger partial charge < -0.3 is 10.6 Å². The Kier molecular flexibility index (Phi) is 5.37.